The maximum atomic E-state index is 11.0. The zero-order valence-electron chi connectivity index (χ0n) is 7.93. The fourth-order valence-corrected chi connectivity index (χ4v) is 2.09. The molecule has 0 fully saturated rings. The van der Waals surface area contributed by atoms with E-state index in [9.17, 15) is 9.36 Å². The molecule has 5 heteroatoms. The minimum Gasteiger partial charge on any atom is -0.478 e. The van der Waals surface area contributed by atoms with Gasteiger partial charge < -0.3 is 10.00 Å². The Morgan fingerprint density at radius 2 is 2.20 bits per heavy atom. The van der Waals surface area contributed by atoms with Gasteiger partial charge in [0.05, 0.1) is 5.56 Å². The minimum absolute atomic E-state index is 0.0554. The van der Waals surface area contributed by atoms with E-state index in [0.29, 0.717) is 5.56 Å². The first-order valence-electron chi connectivity index (χ1n) is 4.27. The maximum absolute atomic E-state index is 11.0. The summed E-state index contributed by atoms with van der Waals surface area (Å²) in [7, 11) is -2.88. The summed E-state index contributed by atoms with van der Waals surface area (Å²) in [6.07, 6.45) is 1.78. The highest BCUT2D eigenvalue weighted by Gasteiger charge is 2.14. The van der Waals surface area contributed by atoms with Gasteiger partial charge in [-0.15, -0.1) is 6.58 Å². The van der Waals surface area contributed by atoms with Crippen LogP contribution in [0.5, 0.6) is 0 Å². The lowest BCUT2D eigenvalue weighted by Crippen LogP contribution is -2.12. The van der Waals surface area contributed by atoms with Crippen molar-refractivity contribution in [1.82, 2.24) is 0 Å². The van der Waals surface area contributed by atoms with Crippen LogP contribution >= 0.6 is 8.03 Å². The van der Waals surface area contributed by atoms with Gasteiger partial charge >= 0.3 is 5.97 Å². The maximum Gasteiger partial charge on any atom is 0.335 e. The molecule has 0 aliphatic carbocycles. The largest absolute Gasteiger partial charge is 0.478 e. The van der Waals surface area contributed by atoms with Gasteiger partial charge in [-0.3, -0.25) is 4.57 Å². The van der Waals surface area contributed by atoms with Crippen LogP contribution in [0.2, 0.25) is 0 Å². The van der Waals surface area contributed by atoms with Gasteiger partial charge in [0.2, 0.25) is 8.03 Å². The number of rotatable bonds is 4. The summed E-state index contributed by atoms with van der Waals surface area (Å²) in [5.74, 6) is -1.10. The van der Waals surface area contributed by atoms with Crippen molar-refractivity contribution < 1.29 is 19.4 Å². The molecule has 1 aromatic rings. The molecule has 0 spiro atoms. The summed E-state index contributed by atoms with van der Waals surface area (Å²) < 4.78 is 11.0. The molecule has 0 aliphatic rings. The predicted molar refractivity (Wildman–Crippen MR) is 58.2 cm³/mol. The van der Waals surface area contributed by atoms with E-state index in [1.165, 1.54) is 24.3 Å². The second-order valence-electron chi connectivity index (χ2n) is 2.93. The van der Waals surface area contributed by atoms with Crippen LogP contribution < -0.4 is 5.30 Å². The van der Waals surface area contributed by atoms with Crippen LogP contribution in [0, 0.1) is 0 Å². The van der Waals surface area contributed by atoms with Crippen molar-refractivity contribution in [2.45, 2.75) is 6.42 Å². The minimum atomic E-state index is -2.88. The van der Waals surface area contributed by atoms with E-state index in [-0.39, 0.29) is 17.3 Å². The Hall–Kier alpha value is -1.38. The number of carboxylic acid groups (broad SMARTS) is 1. The van der Waals surface area contributed by atoms with Crippen molar-refractivity contribution in [3.63, 3.8) is 0 Å². The van der Waals surface area contributed by atoms with E-state index in [0.717, 1.165) is 0 Å². The van der Waals surface area contributed by atoms with Crippen LogP contribution in [0.3, 0.4) is 0 Å². The van der Waals surface area contributed by atoms with E-state index >= 15 is 0 Å². The molecule has 4 nitrogen and oxygen atoms in total. The third kappa shape index (κ3) is 2.55. The smallest absolute Gasteiger partial charge is 0.335 e. The standard InChI is InChI=1S/C10H11O4P/c1-2-4-7-8(10(11)12)5-3-6-9(7)15(13)14/h2-3,5-6,15H,1,4H2,(H,11,12)(H,13,14). The summed E-state index contributed by atoms with van der Waals surface area (Å²) in [4.78, 5) is 19.9. The first-order valence-corrected chi connectivity index (χ1v) is 5.62. The second-order valence-corrected chi connectivity index (χ2v) is 4.08. The van der Waals surface area contributed by atoms with Crippen LogP contribution in [0.25, 0.3) is 0 Å². The van der Waals surface area contributed by atoms with Crippen LogP contribution in [0.15, 0.2) is 30.9 Å². The molecule has 15 heavy (non-hydrogen) atoms. The molecular weight excluding hydrogens is 215 g/mol. The molecule has 0 radical (unpaired) electrons. The van der Waals surface area contributed by atoms with Crippen molar-refractivity contribution >= 4 is 19.3 Å². The van der Waals surface area contributed by atoms with E-state index in [1.54, 1.807) is 0 Å². The zero-order valence-corrected chi connectivity index (χ0v) is 8.93. The Kier molecular flexibility index (Phi) is 3.83. The second kappa shape index (κ2) is 4.91. The monoisotopic (exact) mass is 226 g/mol. The van der Waals surface area contributed by atoms with Gasteiger partial charge in [0.25, 0.3) is 0 Å². The quantitative estimate of drug-likeness (QED) is 0.597. The van der Waals surface area contributed by atoms with Gasteiger partial charge in [-0.25, -0.2) is 4.79 Å². The van der Waals surface area contributed by atoms with Crippen molar-refractivity contribution in [2.75, 3.05) is 0 Å². The van der Waals surface area contributed by atoms with Gasteiger partial charge in [0.15, 0.2) is 0 Å². The predicted octanol–water partition coefficient (Wildman–Crippen LogP) is 1.21. The molecule has 2 N–H and O–H groups in total. The molecule has 1 atom stereocenters. The SMILES string of the molecule is C=CCc1c(C(=O)O)cccc1[PH](=O)O. The molecule has 1 aromatic carbocycles. The molecule has 0 aromatic heterocycles. The van der Waals surface area contributed by atoms with Gasteiger partial charge in [-0.1, -0.05) is 12.1 Å². The fraction of sp³-hybridized carbons (Fsp3) is 0.100. The zero-order chi connectivity index (χ0) is 11.4. The first kappa shape index (κ1) is 11.7. The molecule has 0 saturated heterocycles. The first-order chi connectivity index (χ1) is 7.07. The number of carbonyl (C=O) groups is 1. The topological polar surface area (TPSA) is 74.6 Å². The average Bonchev–Trinajstić information content (AvgIpc) is 2.17. The highest BCUT2D eigenvalue weighted by molar-refractivity contribution is 7.47. The Morgan fingerprint density at radius 1 is 1.53 bits per heavy atom. The number of hydrogen-bond acceptors (Lipinski definition) is 2. The molecule has 0 bridgehead atoms. The Labute approximate surface area is 87.7 Å². The molecule has 0 saturated carbocycles. The molecule has 80 valence electrons. The lowest BCUT2D eigenvalue weighted by Gasteiger charge is -2.07. The normalized spacial score (nSPS) is 12.1. The molecule has 1 rings (SSSR count). The third-order valence-corrected chi connectivity index (χ3v) is 2.91. The number of hydrogen-bond donors (Lipinski definition) is 2. The number of aromatic carboxylic acids is 1. The lowest BCUT2D eigenvalue weighted by molar-refractivity contribution is 0.0696. The van der Waals surface area contributed by atoms with Crippen LogP contribution in [-0.4, -0.2) is 16.0 Å². The Balaban J connectivity index is 3.40. The third-order valence-electron chi connectivity index (χ3n) is 1.99. The van der Waals surface area contributed by atoms with Gasteiger partial charge in [0.1, 0.15) is 0 Å². The molecule has 0 heterocycles. The molecule has 0 aliphatic heterocycles. The summed E-state index contributed by atoms with van der Waals surface area (Å²) in [6.45, 7) is 3.49. The van der Waals surface area contributed by atoms with Crippen molar-refractivity contribution in [1.29, 1.82) is 0 Å². The van der Waals surface area contributed by atoms with E-state index in [4.69, 9.17) is 10.00 Å². The molecule has 0 amide bonds. The van der Waals surface area contributed by atoms with E-state index in [2.05, 4.69) is 6.58 Å². The summed E-state index contributed by atoms with van der Waals surface area (Å²) in [5.41, 5.74) is 0.422. The number of carboxylic acids is 1. The summed E-state index contributed by atoms with van der Waals surface area (Å²) in [5, 5.41) is 9.09. The summed E-state index contributed by atoms with van der Waals surface area (Å²) in [6, 6.07) is 4.34. The number of benzene rings is 1. The lowest BCUT2D eigenvalue weighted by atomic mass is 10.0. The van der Waals surface area contributed by atoms with Gasteiger partial charge in [0, 0.05) is 5.30 Å². The van der Waals surface area contributed by atoms with Crippen molar-refractivity contribution in [3.05, 3.63) is 42.0 Å². The van der Waals surface area contributed by atoms with Crippen LogP contribution in [0.1, 0.15) is 15.9 Å². The van der Waals surface area contributed by atoms with Crippen molar-refractivity contribution in [2.24, 2.45) is 0 Å². The molecular formula is C10H11O4P. The van der Waals surface area contributed by atoms with E-state index < -0.39 is 14.0 Å². The number of allylic oxidation sites excluding steroid dienone is 1. The van der Waals surface area contributed by atoms with Crippen LogP contribution in [-0.2, 0) is 11.0 Å². The average molecular weight is 226 g/mol. The van der Waals surface area contributed by atoms with Gasteiger partial charge in [-0.05, 0) is 24.1 Å². The van der Waals surface area contributed by atoms with Crippen LogP contribution in [0.4, 0.5) is 0 Å². The fourth-order valence-electron chi connectivity index (χ4n) is 1.35. The Morgan fingerprint density at radius 3 is 2.67 bits per heavy atom. The Bertz CT molecular complexity index is 393. The summed E-state index contributed by atoms with van der Waals surface area (Å²) >= 11 is 0. The highest BCUT2D eigenvalue weighted by Crippen LogP contribution is 2.20. The molecule has 1 unspecified atom stereocenters. The van der Waals surface area contributed by atoms with Gasteiger partial charge in [-0.2, -0.15) is 0 Å². The highest BCUT2D eigenvalue weighted by atomic mass is 31.1. The van der Waals surface area contributed by atoms with Crippen molar-refractivity contribution in [3.8, 4) is 0 Å². The van der Waals surface area contributed by atoms with E-state index in [1.807, 2.05) is 0 Å².